The number of carbonyl (C=O) groups excluding carboxylic acids is 1. The summed E-state index contributed by atoms with van der Waals surface area (Å²) in [4.78, 5) is 24.8. The maximum Gasteiger partial charge on any atom is 0.305 e. The molecule has 1 N–H and O–H groups in total. The monoisotopic (exact) mass is 323 g/mol. The Hall–Kier alpha value is -1.92. The molecule has 0 spiro atoms. The Labute approximate surface area is 137 Å². The van der Waals surface area contributed by atoms with Gasteiger partial charge >= 0.3 is 5.97 Å². The summed E-state index contributed by atoms with van der Waals surface area (Å²) in [5.74, 6) is -1.11. The second-order valence-corrected chi connectivity index (χ2v) is 5.11. The smallest absolute Gasteiger partial charge is 0.305 e. The molecule has 0 aliphatic rings. The van der Waals surface area contributed by atoms with Crippen LogP contribution in [0.1, 0.15) is 29.3 Å². The van der Waals surface area contributed by atoms with Crippen LogP contribution in [0.25, 0.3) is 0 Å². The highest BCUT2D eigenvalue weighted by atomic mass is 16.5. The Morgan fingerprint density at radius 2 is 1.70 bits per heavy atom. The second kappa shape index (κ2) is 10.7. The molecular formula is C17H25NO5. The zero-order valence-electron chi connectivity index (χ0n) is 13.8. The van der Waals surface area contributed by atoms with Crippen molar-refractivity contribution in [2.45, 2.75) is 20.3 Å². The molecule has 0 atom stereocenters. The van der Waals surface area contributed by atoms with Crippen LogP contribution < -0.4 is 0 Å². The first-order valence-corrected chi connectivity index (χ1v) is 7.77. The molecule has 1 rings (SSSR count). The van der Waals surface area contributed by atoms with Gasteiger partial charge in [0.15, 0.2) is 0 Å². The van der Waals surface area contributed by atoms with Gasteiger partial charge in [0.25, 0.3) is 5.91 Å². The number of hydrogen-bond donors (Lipinski definition) is 1. The van der Waals surface area contributed by atoms with Gasteiger partial charge in [0.1, 0.15) is 0 Å². The van der Waals surface area contributed by atoms with Crippen LogP contribution in [0.5, 0.6) is 0 Å². The normalized spacial score (nSPS) is 10.5. The molecule has 128 valence electrons. The van der Waals surface area contributed by atoms with Crippen LogP contribution in [0, 0.1) is 6.92 Å². The lowest BCUT2D eigenvalue weighted by Gasteiger charge is -2.22. The van der Waals surface area contributed by atoms with Gasteiger partial charge in [-0.2, -0.15) is 0 Å². The van der Waals surface area contributed by atoms with Crippen LogP contribution in [0.2, 0.25) is 0 Å². The number of aryl methyl sites for hydroxylation is 1. The zero-order valence-corrected chi connectivity index (χ0v) is 13.8. The molecular weight excluding hydrogens is 298 g/mol. The predicted molar refractivity (Wildman–Crippen MR) is 86.6 cm³/mol. The molecule has 0 radical (unpaired) electrons. The highest BCUT2D eigenvalue weighted by Gasteiger charge is 2.16. The van der Waals surface area contributed by atoms with Gasteiger partial charge in [0.2, 0.25) is 0 Å². The fourth-order valence-corrected chi connectivity index (χ4v) is 1.96. The Morgan fingerprint density at radius 1 is 1.04 bits per heavy atom. The standard InChI is InChI=1S/C17H25NO5/c1-3-22-12-13-23-11-10-18(9-8-16(19)20)17(21)15-6-4-14(2)5-7-15/h4-7H,3,8-13H2,1-2H3,(H,19,20). The van der Waals surface area contributed by atoms with Crippen molar-refractivity contribution < 1.29 is 24.2 Å². The van der Waals surface area contributed by atoms with Crippen molar-refractivity contribution in [3.8, 4) is 0 Å². The number of nitrogens with zero attached hydrogens (tertiary/aromatic N) is 1. The number of carbonyl (C=O) groups is 2. The van der Waals surface area contributed by atoms with Crippen molar-refractivity contribution in [3.63, 3.8) is 0 Å². The van der Waals surface area contributed by atoms with Crippen molar-refractivity contribution in [1.82, 2.24) is 4.90 Å². The minimum Gasteiger partial charge on any atom is -0.481 e. The topological polar surface area (TPSA) is 76.1 Å². The Kier molecular flexibility index (Phi) is 8.94. The van der Waals surface area contributed by atoms with E-state index in [0.29, 0.717) is 38.5 Å². The lowest BCUT2D eigenvalue weighted by Crippen LogP contribution is -2.36. The van der Waals surface area contributed by atoms with Gasteiger partial charge in [-0.25, -0.2) is 0 Å². The van der Waals surface area contributed by atoms with Gasteiger partial charge in [-0.1, -0.05) is 17.7 Å². The number of aliphatic carboxylic acids is 1. The van der Waals surface area contributed by atoms with Gasteiger partial charge in [-0.3, -0.25) is 9.59 Å². The van der Waals surface area contributed by atoms with E-state index < -0.39 is 5.97 Å². The number of amides is 1. The Balaban J connectivity index is 2.54. The number of ether oxygens (including phenoxy) is 2. The van der Waals surface area contributed by atoms with Crippen molar-refractivity contribution in [1.29, 1.82) is 0 Å². The fourth-order valence-electron chi connectivity index (χ4n) is 1.96. The van der Waals surface area contributed by atoms with E-state index in [1.807, 2.05) is 26.0 Å². The molecule has 0 saturated heterocycles. The van der Waals surface area contributed by atoms with Crippen LogP contribution >= 0.6 is 0 Å². The van der Waals surface area contributed by atoms with Crippen molar-refractivity contribution in [2.24, 2.45) is 0 Å². The van der Waals surface area contributed by atoms with E-state index in [1.54, 1.807) is 12.1 Å². The number of hydrogen-bond acceptors (Lipinski definition) is 4. The average molecular weight is 323 g/mol. The first-order chi connectivity index (χ1) is 11.0. The fraction of sp³-hybridized carbons (Fsp3) is 0.529. The molecule has 1 amide bonds. The zero-order chi connectivity index (χ0) is 17.1. The summed E-state index contributed by atoms with van der Waals surface area (Å²) in [6, 6.07) is 7.23. The van der Waals surface area contributed by atoms with Gasteiger partial charge < -0.3 is 19.5 Å². The molecule has 0 saturated carbocycles. The average Bonchev–Trinajstić information content (AvgIpc) is 2.53. The lowest BCUT2D eigenvalue weighted by molar-refractivity contribution is -0.137. The molecule has 23 heavy (non-hydrogen) atoms. The molecule has 1 aromatic rings. The number of carboxylic acids is 1. The molecule has 0 heterocycles. The van der Waals surface area contributed by atoms with Gasteiger partial charge in [0, 0.05) is 25.3 Å². The molecule has 6 nitrogen and oxygen atoms in total. The molecule has 0 aliphatic carbocycles. The predicted octanol–water partition coefficient (Wildman–Crippen LogP) is 1.97. The largest absolute Gasteiger partial charge is 0.481 e. The number of rotatable bonds is 11. The van der Waals surface area contributed by atoms with E-state index >= 15 is 0 Å². The van der Waals surface area contributed by atoms with Crippen LogP contribution in [-0.2, 0) is 14.3 Å². The highest BCUT2D eigenvalue weighted by molar-refractivity contribution is 5.94. The van der Waals surface area contributed by atoms with E-state index in [-0.39, 0.29) is 18.9 Å². The molecule has 1 aromatic carbocycles. The summed E-state index contributed by atoms with van der Waals surface area (Å²) in [5, 5.41) is 8.83. The summed E-state index contributed by atoms with van der Waals surface area (Å²) >= 11 is 0. The van der Waals surface area contributed by atoms with E-state index in [9.17, 15) is 9.59 Å². The van der Waals surface area contributed by atoms with Gasteiger partial charge in [-0.15, -0.1) is 0 Å². The minimum absolute atomic E-state index is 0.0868. The first kappa shape index (κ1) is 19.1. The molecule has 0 unspecified atom stereocenters. The number of benzene rings is 1. The van der Waals surface area contributed by atoms with E-state index in [2.05, 4.69) is 0 Å². The third-order valence-electron chi connectivity index (χ3n) is 3.26. The van der Waals surface area contributed by atoms with Crippen LogP contribution in [0.4, 0.5) is 0 Å². The van der Waals surface area contributed by atoms with Gasteiger partial charge in [0.05, 0.1) is 26.2 Å². The van der Waals surface area contributed by atoms with Crippen molar-refractivity contribution in [2.75, 3.05) is 39.5 Å². The third-order valence-corrected chi connectivity index (χ3v) is 3.26. The highest BCUT2D eigenvalue weighted by Crippen LogP contribution is 2.08. The molecule has 0 fully saturated rings. The van der Waals surface area contributed by atoms with Crippen molar-refractivity contribution in [3.05, 3.63) is 35.4 Å². The summed E-state index contributed by atoms with van der Waals surface area (Å²) in [6.45, 7) is 6.33. The van der Waals surface area contributed by atoms with Crippen LogP contribution in [0.15, 0.2) is 24.3 Å². The maximum atomic E-state index is 12.5. The minimum atomic E-state index is -0.927. The van der Waals surface area contributed by atoms with E-state index in [4.69, 9.17) is 14.6 Å². The molecule has 0 aromatic heterocycles. The van der Waals surface area contributed by atoms with E-state index in [0.717, 1.165) is 5.56 Å². The summed E-state index contributed by atoms with van der Waals surface area (Å²) in [7, 11) is 0. The third kappa shape index (κ3) is 7.76. The SMILES string of the molecule is CCOCCOCCN(CCC(=O)O)C(=O)c1ccc(C)cc1. The van der Waals surface area contributed by atoms with Crippen molar-refractivity contribution >= 4 is 11.9 Å². The summed E-state index contributed by atoms with van der Waals surface area (Å²) < 4.78 is 10.6. The molecule has 0 bridgehead atoms. The quantitative estimate of drug-likeness (QED) is 0.630. The second-order valence-electron chi connectivity index (χ2n) is 5.11. The summed E-state index contributed by atoms with van der Waals surface area (Å²) in [6.07, 6.45) is -0.0868. The Morgan fingerprint density at radius 3 is 2.30 bits per heavy atom. The molecule has 0 aliphatic heterocycles. The molecule has 6 heteroatoms. The first-order valence-electron chi connectivity index (χ1n) is 7.77. The van der Waals surface area contributed by atoms with Gasteiger partial charge in [-0.05, 0) is 26.0 Å². The lowest BCUT2D eigenvalue weighted by atomic mass is 10.1. The van der Waals surface area contributed by atoms with E-state index in [1.165, 1.54) is 4.90 Å². The van der Waals surface area contributed by atoms with Crippen LogP contribution in [-0.4, -0.2) is 61.4 Å². The van der Waals surface area contributed by atoms with Crippen LogP contribution in [0.3, 0.4) is 0 Å². The maximum absolute atomic E-state index is 12.5. The Bertz CT molecular complexity index is 486. The number of carboxylic acid groups (broad SMARTS) is 1. The summed E-state index contributed by atoms with van der Waals surface area (Å²) in [5.41, 5.74) is 1.62.